The highest BCUT2D eigenvalue weighted by atomic mass is 79.9. The molecule has 0 aliphatic heterocycles. The number of aryl methyl sites for hydroxylation is 1. The molecule has 5 nitrogen and oxygen atoms in total. The molecule has 0 bridgehead atoms. The van der Waals surface area contributed by atoms with Crippen LogP contribution in [0.25, 0.3) is 17.1 Å². The van der Waals surface area contributed by atoms with Crippen LogP contribution in [-0.2, 0) is 0 Å². The lowest BCUT2D eigenvalue weighted by Gasteiger charge is -1.99. The molecular weight excluding hydrogens is 298 g/mol. The van der Waals surface area contributed by atoms with Gasteiger partial charge >= 0.3 is 0 Å². The van der Waals surface area contributed by atoms with E-state index in [1.807, 2.05) is 13.0 Å². The van der Waals surface area contributed by atoms with Crippen molar-refractivity contribution < 1.29 is 4.42 Å². The van der Waals surface area contributed by atoms with Crippen LogP contribution in [0.3, 0.4) is 0 Å². The van der Waals surface area contributed by atoms with Gasteiger partial charge in [0.25, 0.3) is 0 Å². The summed E-state index contributed by atoms with van der Waals surface area (Å²) in [5.41, 5.74) is 2.10. The normalized spacial score (nSPS) is 11.0. The third-order valence-corrected chi connectivity index (χ3v) is 3.12. The molecule has 0 saturated carbocycles. The van der Waals surface area contributed by atoms with Crippen LogP contribution in [0.4, 0.5) is 5.82 Å². The van der Waals surface area contributed by atoms with Crippen molar-refractivity contribution in [3.63, 3.8) is 0 Å². The lowest BCUT2D eigenvalue weighted by atomic mass is 10.3. The minimum absolute atomic E-state index is 0.240. The number of imidazole rings is 1. The van der Waals surface area contributed by atoms with Gasteiger partial charge < -0.3 is 4.42 Å². The smallest absolute Gasteiger partial charge is 0.212 e. The maximum atomic E-state index is 11.1. The summed E-state index contributed by atoms with van der Waals surface area (Å²) < 4.78 is 7.79. The molecule has 0 fully saturated rings. The molecule has 3 heterocycles. The van der Waals surface area contributed by atoms with Crippen molar-refractivity contribution >= 4 is 27.4 Å². The van der Waals surface area contributed by atoms with Gasteiger partial charge in [0, 0.05) is 10.7 Å². The number of hydrogen-bond acceptors (Lipinski definition) is 4. The lowest BCUT2D eigenvalue weighted by Crippen LogP contribution is -1.87. The lowest BCUT2D eigenvalue weighted by molar-refractivity contribution is 0.580. The van der Waals surface area contributed by atoms with Crippen molar-refractivity contribution in [2.45, 2.75) is 6.92 Å². The van der Waals surface area contributed by atoms with Crippen molar-refractivity contribution in [2.75, 3.05) is 0 Å². The SMILES string of the molecule is Cc1cc(Br)cn2c(N=O)c(-c3ccco3)nc12. The van der Waals surface area contributed by atoms with Gasteiger partial charge in [-0.05, 0) is 51.8 Å². The Bertz CT molecular complexity index is 731. The van der Waals surface area contributed by atoms with Gasteiger partial charge in [0.1, 0.15) is 5.65 Å². The average Bonchev–Trinajstić information content (AvgIpc) is 2.93. The van der Waals surface area contributed by atoms with Crippen molar-refractivity contribution in [1.82, 2.24) is 9.38 Å². The quantitative estimate of drug-likeness (QED) is 0.671. The maximum absolute atomic E-state index is 11.1. The first-order valence-corrected chi connectivity index (χ1v) is 6.05. The van der Waals surface area contributed by atoms with E-state index in [0.717, 1.165) is 10.0 Å². The van der Waals surface area contributed by atoms with Crippen molar-refractivity contribution in [3.05, 3.63) is 45.6 Å². The Hall–Kier alpha value is -1.95. The topological polar surface area (TPSA) is 59.9 Å². The Morgan fingerprint density at radius 2 is 2.33 bits per heavy atom. The molecule has 0 saturated heterocycles. The molecule has 3 aromatic rings. The molecule has 3 rings (SSSR count). The van der Waals surface area contributed by atoms with Crippen LogP contribution in [0.2, 0.25) is 0 Å². The van der Waals surface area contributed by atoms with Gasteiger partial charge in [-0.25, -0.2) is 4.98 Å². The monoisotopic (exact) mass is 305 g/mol. The number of rotatable bonds is 2. The van der Waals surface area contributed by atoms with Gasteiger partial charge in [-0.15, -0.1) is 4.91 Å². The minimum atomic E-state index is 0.240. The molecule has 0 spiro atoms. The number of fused-ring (bicyclic) bond motifs is 1. The number of nitroso groups, excluding NO2 is 1. The Morgan fingerprint density at radius 3 is 3.00 bits per heavy atom. The molecule has 18 heavy (non-hydrogen) atoms. The molecule has 3 aromatic heterocycles. The summed E-state index contributed by atoms with van der Waals surface area (Å²) >= 11 is 3.39. The van der Waals surface area contributed by atoms with Crippen molar-refractivity contribution in [3.8, 4) is 11.5 Å². The number of aromatic nitrogens is 2. The van der Waals surface area contributed by atoms with Gasteiger partial charge in [-0.3, -0.25) is 4.40 Å². The van der Waals surface area contributed by atoms with E-state index in [2.05, 4.69) is 26.1 Å². The highest BCUT2D eigenvalue weighted by Crippen LogP contribution is 2.33. The van der Waals surface area contributed by atoms with Crippen molar-refractivity contribution in [1.29, 1.82) is 0 Å². The third kappa shape index (κ3) is 1.57. The number of pyridine rings is 1. The predicted octanol–water partition coefficient (Wildman–Crippen LogP) is 4.06. The Kier molecular flexibility index (Phi) is 2.52. The summed E-state index contributed by atoms with van der Waals surface area (Å²) in [6.07, 6.45) is 3.30. The molecule has 0 amide bonds. The van der Waals surface area contributed by atoms with Gasteiger partial charge in [0.2, 0.25) is 5.82 Å². The number of halogens is 1. The number of hydrogen-bond donors (Lipinski definition) is 0. The van der Waals surface area contributed by atoms with Crippen LogP contribution in [-0.4, -0.2) is 9.38 Å². The largest absolute Gasteiger partial charge is 0.463 e. The fraction of sp³-hybridized carbons (Fsp3) is 0.0833. The van der Waals surface area contributed by atoms with E-state index in [1.54, 1.807) is 22.7 Å². The summed E-state index contributed by atoms with van der Waals surface area (Å²) in [5.74, 6) is 0.771. The minimum Gasteiger partial charge on any atom is -0.463 e. The maximum Gasteiger partial charge on any atom is 0.212 e. The first kappa shape index (κ1) is 11.2. The van der Waals surface area contributed by atoms with Crippen molar-refractivity contribution in [2.24, 2.45) is 5.18 Å². The number of furan rings is 1. The van der Waals surface area contributed by atoms with Crippen LogP contribution in [0.15, 0.2) is 44.7 Å². The highest BCUT2D eigenvalue weighted by molar-refractivity contribution is 9.10. The molecule has 0 aliphatic carbocycles. The van der Waals surface area contributed by atoms with Gasteiger partial charge in [0.05, 0.1) is 6.26 Å². The first-order valence-electron chi connectivity index (χ1n) is 5.26. The standard InChI is InChI=1S/C12H8BrN3O2/c1-7-5-8(13)6-16-11(7)14-10(12(16)15-17)9-3-2-4-18-9/h2-6H,1H3. The Balaban J connectivity index is 2.41. The second-order valence-electron chi connectivity index (χ2n) is 3.89. The molecule has 0 radical (unpaired) electrons. The summed E-state index contributed by atoms with van der Waals surface area (Å²) in [6, 6.07) is 5.43. The van der Waals surface area contributed by atoms with E-state index in [4.69, 9.17) is 4.42 Å². The van der Waals surface area contributed by atoms with Gasteiger partial charge in [0.15, 0.2) is 11.5 Å². The molecule has 6 heteroatoms. The first-order chi connectivity index (χ1) is 8.70. The second-order valence-corrected chi connectivity index (χ2v) is 4.80. The van der Waals surface area contributed by atoms with E-state index < -0.39 is 0 Å². The third-order valence-electron chi connectivity index (χ3n) is 2.69. The van der Waals surface area contributed by atoms with Crippen LogP contribution in [0, 0.1) is 11.8 Å². The fourth-order valence-corrected chi connectivity index (χ4v) is 2.47. The molecule has 0 aromatic carbocycles. The van der Waals surface area contributed by atoms with Gasteiger partial charge in [-0.2, -0.15) is 0 Å². The fourth-order valence-electron chi connectivity index (χ4n) is 1.92. The zero-order chi connectivity index (χ0) is 12.7. The van der Waals surface area contributed by atoms with E-state index in [-0.39, 0.29) is 5.82 Å². The summed E-state index contributed by atoms with van der Waals surface area (Å²) in [5, 5.41) is 3.07. The Morgan fingerprint density at radius 1 is 1.50 bits per heavy atom. The summed E-state index contributed by atoms with van der Waals surface area (Å²) in [7, 11) is 0. The zero-order valence-electron chi connectivity index (χ0n) is 9.42. The predicted molar refractivity (Wildman–Crippen MR) is 70.8 cm³/mol. The van der Waals surface area contributed by atoms with E-state index in [0.29, 0.717) is 17.1 Å². The van der Waals surface area contributed by atoms with E-state index in [9.17, 15) is 4.91 Å². The van der Waals surface area contributed by atoms with Crippen LogP contribution >= 0.6 is 15.9 Å². The summed E-state index contributed by atoms with van der Waals surface area (Å²) in [4.78, 5) is 15.5. The average molecular weight is 306 g/mol. The highest BCUT2D eigenvalue weighted by Gasteiger charge is 2.18. The van der Waals surface area contributed by atoms with Gasteiger partial charge in [-0.1, -0.05) is 0 Å². The summed E-state index contributed by atoms with van der Waals surface area (Å²) in [6.45, 7) is 1.92. The molecule has 90 valence electrons. The van der Waals surface area contributed by atoms with Crippen LogP contribution in [0.1, 0.15) is 5.56 Å². The van der Waals surface area contributed by atoms with E-state index in [1.165, 1.54) is 6.26 Å². The molecule has 0 atom stereocenters. The Labute approximate surface area is 111 Å². The van der Waals surface area contributed by atoms with Crippen LogP contribution < -0.4 is 0 Å². The molecular formula is C12H8BrN3O2. The molecule has 0 aliphatic rings. The second kappa shape index (κ2) is 4.06. The molecule has 0 N–H and O–H groups in total. The number of nitrogens with zero attached hydrogens (tertiary/aromatic N) is 3. The van der Waals surface area contributed by atoms with E-state index >= 15 is 0 Å². The molecule has 0 unspecified atom stereocenters. The van der Waals surface area contributed by atoms with Crippen LogP contribution in [0.5, 0.6) is 0 Å². The zero-order valence-corrected chi connectivity index (χ0v) is 11.0.